The molecular weight excluding hydrogens is 228 g/mol. The summed E-state index contributed by atoms with van der Waals surface area (Å²) in [6.45, 7) is 2.98. The van der Waals surface area contributed by atoms with Crippen LogP contribution in [0.1, 0.15) is 31.7 Å². The van der Waals surface area contributed by atoms with Crippen LogP contribution in [-0.2, 0) is 11.3 Å². The minimum absolute atomic E-state index is 0.229. The van der Waals surface area contributed by atoms with E-state index >= 15 is 0 Å². The van der Waals surface area contributed by atoms with Crippen molar-refractivity contribution in [1.82, 2.24) is 5.32 Å². The van der Waals surface area contributed by atoms with Gasteiger partial charge in [0.05, 0.1) is 0 Å². The minimum atomic E-state index is -0.371. The van der Waals surface area contributed by atoms with Crippen molar-refractivity contribution in [3.05, 3.63) is 35.9 Å². The second-order valence-electron chi connectivity index (χ2n) is 4.30. The van der Waals surface area contributed by atoms with E-state index in [1.807, 2.05) is 30.3 Å². The molecule has 0 fully saturated rings. The van der Waals surface area contributed by atoms with Crippen LogP contribution in [0, 0.1) is 0 Å². The number of hydrogen-bond donors (Lipinski definition) is 2. The van der Waals surface area contributed by atoms with Gasteiger partial charge < -0.3 is 15.8 Å². The van der Waals surface area contributed by atoms with E-state index in [2.05, 4.69) is 12.2 Å². The van der Waals surface area contributed by atoms with Gasteiger partial charge >= 0.3 is 6.09 Å². The van der Waals surface area contributed by atoms with Gasteiger partial charge in [0.25, 0.3) is 0 Å². The fraction of sp³-hybridized carbons (Fsp3) is 0.500. The Labute approximate surface area is 109 Å². The molecule has 18 heavy (non-hydrogen) atoms. The molecular formula is C14H22N2O2. The zero-order chi connectivity index (χ0) is 13.2. The predicted molar refractivity (Wildman–Crippen MR) is 72.1 cm³/mol. The number of hydrogen-bond acceptors (Lipinski definition) is 3. The molecule has 0 radical (unpaired) electrons. The fourth-order valence-electron chi connectivity index (χ4n) is 1.53. The number of ether oxygens (including phenoxy) is 1. The van der Waals surface area contributed by atoms with Crippen molar-refractivity contribution in [3.63, 3.8) is 0 Å². The van der Waals surface area contributed by atoms with Crippen LogP contribution in [0.4, 0.5) is 4.79 Å². The van der Waals surface area contributed by atoms with E-state index in [1.165, 1.54) is 0 Å². The highest BCUT2D eigenvalue weighted by Crippen LogP contribution is 2.01. The number of carbonyl (C=O) groups is 1. The van der Waals surface area contributed by atoms with Crippen LogP contribution in [0.2, 0.25) is 0 Å². The number of nitrogens with one attached hydrogen (secondary N) is 1. The van der Waals surface area contributed by atoms with Crippen molar-refractivity contribution in [2.75, 3.05) is 6.54 Å². The first-order chi connectivity index (χ1) is 8.72. The third kappa shape index (κ3) is 6.25. The van der Waals surface area contributed by atoms with Gasteiger partial charge in [0.1, 0.15) is 6.61 Å². The monoisotopic (exact) mass is 250 g/mol. The average molecular weight is 250 g/mol. The van der Waals surface area contributed by atoms with Gasteiger partial charge in [-0.3, -0.25) is 0 Å². The lowest BCUT2D eigenvalue weighted by Gasteiger charge is -2.09. The summed E-state index contributed by atoms with van der Waals surface area (Å²) in [5.74, 6) is 0. The largest absolute Gasteiger partial charge is 0.445 e. The Morgan fingerprint density at radius 2 is 2.11 bits per heavy atom. The second kappa shape index (κ2) is 8.53. The summed E-state index contributed by atoms with van der Waals surface area (Å²) in [5, 5.41) is 2.72. The van der Waals surface area contributed by atoms with Gasteiger partial charge in [0, 0.05) is 12.6 Å². The maximum Gasteiger partial charge on any atom is 0.407 e. The van der Waals surface area contributed by atoms with Crippen molar-refractivity contribution in [2.24, 2.45) is 5.73 Å². The molecule has 0 aromatic heterocycles. The van der Waals surface area contributed by atoms with Crippen molar-refractivity contribution < 1.29 is 9.53 Å². The first kappa shape index (κ1) is 14.5. The van der Waals surface area contributed by atoms with Gasteiger partial charge in [-0.15, -0.1) is 0 Å². The van der Waals surface area contributed by atoms with Gasteiger partial charge in [-0.1, -0.05) is 37.3 Å². The number of amides is 1. The fourth-order valence-corrected chi connectivity index (χ4v) is 1.53. The lowest BCUT2D eigenvalue weighted by Crippen LogP contribution is -2.27. The Hall–Kier alpha value is -1.55. The molecule has 0 aliphatic rings. The highest BCUT2D eigenvalue weighted by Gasteiger charge is 2.03. The molecule has 1 aromatic rings. The normalized spacial score (nSPS) is 11.9. The van der Waals surface area contributed by atoms with E-state index in [-0.39, 0.29) is 12.1 Å². The standard InChI is InChI=1S/C14H22N2O2/c1-2-13(15)9-6-10-16-14(17)18-11-12-7-4-3-5-8-12/h3-5,7-8,13H,2,6,9-11,15H2,1H3,(H,16,17). The third-order valence-corrected chi connectivity index (χ3v) is 2.76. The maximum absolute atomic E-state index is 11.4. The van der Waals surface area contributed by atoms with Crippen molar-refractivity contribution in [2.45, 2.75) is 38.8 Å². The first-order valence-electron chi connectivity index (χ1n) is 6.42. The molecule has 4 nitrogen and oxygen atoms in total. The molecule has 0 saturated heterocycles. The molecule has 100 valence electrons. The van der Waals surface area contributed by atoms with E-state index in [0.717, 1.165) is 24.8 Å². The Morgan fingerprint density at radius 3 is 2.78 bits per heavy atom. The molecule has 0 aliphatic heterocycles. The zero-order valence-corrected chi connectivity index (χ0v) is 10.9. The summed E-state index contributed by atoms with van der Waals surface area (Å²) in [7, 11) is 0. The smallest absolute Gasteiger partial charge is 0.407 e. The van der Waals surface area contributed by atoms with Crippen LogP contribution in [-0.4, -0.2) is 18.7 Å². The van der Waals surface area contributed by atoms with Gasteiger partial charge in [-0.05, 0) is 24.8 Å². The number of alkyl carbamates (subject to hydrolysis) is 1. The number of rotatable bonds is 7. The highest BCUT2D eigenvalue weighted by molar-refractivity contribution is 5.67. The summed E-state index contributed by atoms with van der Waals surface area (Å²) < 4.78 is 5.08. The molecule has 0 bridgehead atoms. The van der Waals surface area contributed by atoms with Crippen LogP contribution in [0.15, 0.2) is 30.3 Å². The lowest BCUT2D eigenvalue weighted by molar-refractivity contribution is 0.139. The molecule has 0 spiro atoms. The van der Waals surface area contributed by atoms with Gasteiger partial charge in [0.15, 0.2) is 0 Å². The Balaban J connectivity index is 2.07. The second-order valence-corrected chi connectivity index (χ2v) is 4.30. The molecule has 4 heteroatoms. The average Bonchev–Trinajstić information content (AvgIpc) is 2.42. The summed E-state index contributed by atoms with van der Waals surface area (Å²) in [6.07, 6.45) is 2.41. The van der Waals surface area contributed by atoms with Crippen LogP contribution < -0.4 is 11.1 Å². The summed E-state index contributed by atoms with van der Waals surface area (Å²) in [6, 6.07) is 9.85. The summed E-state index contributed by atoms with van der Waals surface area (Å²) in [4.78, 5) is 11.4. The van der Waals surface area contributed by atoms with E-state index in [1.54, 1.807) is 0 Å². The van der Waals surface area contributed by atoms with Crippen molar-refractivity contribution in [3.8, 4) is 0 Å². The van der Waals surface area contributed by atoms with Gasteiger partial charge in [-0.25, -0.2) is 4.79 Å². The number of benzene rings is 1. The van der Waals surface area contributed by atoms with E-state index in [9.17, 15) is 4.79 Å². The summed E-state index contributed by atoms with van der Waals surface area (Å²) in [5.41, 5.74) is 6.77. The lowest BCUT2D eigenvalue weighted by atomic mass is 10.1. The van der Waals surface area contributed by atoms with Gasteiger partial charge in [0.2, 0.25) is 0 Å². The zero-order valence-electron chi connectivity index (χ0n) is 10.9. The Kier molecular flexibility index (Phi) is 6.87. The molecule has 1 aromatic carbocycles. The molecule has 3 N–H and O–H groups in total. The minimum Gasteiger partial charge on any atom is -0.445 e. The molecule has 0 saturated carbocycles. The van der Waals surface area contributed by atoms with E-state index in [0.29, 0.717) is 13.2 Å². The predicted octanol–water partition coefficient (Wildman–Crippen LogP) is 2.43. The van der Waals surface area contributed by atoms with Gasteiger partial charge in [-0.2, -0.15) is 0 Å². The Morgan fingerprint density at radius 1 is 1.39 bits per heavy atom. The SMILES string of the molecule is CCC(N)CCCNC(=O)OCc1ccccc1. The molecule has 1 atom stereocenters. The van der Waals surface area contributed by atoms with E-state index in [4.69, 9.17) is 10.5 Å². The quantitative estimate of drug-likeness (QED) is 0.730. The van der Waals surface area contributed by atoms with E-state index < -0.39 is 0 Å². The van der Waals surface area contributed by atoms with Crippen LogP contribution >= 0.6 is 0 Å². The molecule has 0 heterocycles. The van der Waals surface area contributed by atoms with Crippen molar-refractivity contribution >= 4 is 6.09 Å². The first-order valence-corrected chi connectivity index (χ1v) is 6.42. The van der Waals surface area contributed by atoms with Crippen molar-refractivity contribution in [1.29, 1.82) is 0 Å². The van der Waals surface area contributed by atoms with Crippen LogP contribution in [0.3, 0.4) is 0 Å². The summed E-state index contributed by atoms with van der Waals surface area (Å²) >= 11 is 0. The third-order valence-electron chi connectivity index (χ3n) is 2.76. The molecule has 1 rings (SSSR count). The highest BCUT2D eigenvalue weighted by atomic mass is 16.5. The number of carbonyl (C=O) groups excluding carboxylic acids is 1. The topological polar surface area (TPSA) is 64.3 Å². The Bertz CT molecular complexity index is 341. The molecule has 1 amide bonds. The maximum atomic E-state index is 11.4. The number of nitrogens with two attached hydrogens (primary N) is 1. The molecule has 1 unspecified atom stereocenters. The van der Waals surface area contributed by atoms with Crippen LogP contribution in [0.5, 0.6) is 0 Å². The molecule has 0 aliphatic carbocycles. The van der Waals surface area contributed by atoms with Crippen LogP contribution in [0.25, 0.3) is 0 Å².